The van der Waals surface area contributed by atoms with Crippen LogP contribution in [-0.2, 0) is 17.8 Å². The van der Waals surface area contributed by atoms with Gasteiger partial charge in [-0.15, -0.1) is 0 Å². The van der Waals surface area contributed by atoms with Crippen LogP contribution in [0.25, 0.3) is 10.9 Å². The molecule has 2 aromatic rings. The van der Waals surface area contributed by atoms with Crippen molar-refractivity contribution in [2.75, 3.05) is 0 Å². The van der Waals surface area contributed by atoms with Crippen LogP contribution < -0.4 is 16.4 Å². The number of nitrogens with zero attached hydrogens (tertiary/aromatic N) is 2. The lowest BCUT2D eigenvalue weighted by atomic mass is 10.1. The SMILES string of the molecule is C[C@H]1C[C@@H]1C(=O)NNC(=O)c1ccc2c(=O)n3c(nc2c1)CCC3. The summed E-state index contributed by atoms with van der Waals surface area (Å²) in [5.41, 5.74) is 5.69. The molecule has 1 aliphatic carbocycles. The van der Waals surface area contributed by atoms with E-state index in [0.29, 0.717) is 28.9 Å². The molecule has 0 saturated heterocycles. The highest BCUT2D eigenvalue weighted by Gasteiger charge is 2.39. The van der Waals surface area contributed by atoms with Gasteiger partial charge in [-0.2, -0.15) is 0 Å². The first-order valence-electron chi connectivity index (χ1n) is 8.18. The van der Waals surface area contributed by atoms with E-state index in [-0.39, 0.29) is 17.4 Å². The molecule has 1 aromatic heterocycles. The van der Waals surface area contributed by atoms with E-state index in [1.54, 1.807) is 22.8 Å². The fraction of sp³-hybridized carbons (Fsp3) is 0.412. The number of hydrazine groups is 1. The third-order valence-electron chi connectivity index (χ3n) is 4.82. The maximum absolute atomic E-state index is 12.4. The highest BCUT2D eigenvalue weighted by atomic mass is 16.2. The number of rotatable bonds is 2. The largest absolute Gasteiger partial charge is 0.296 e. The summed E-state index contributed by atoms with van der Waals surface area (Å²) in [6, 6.07) is 4.79. The van der Waals surface area contributed by atoms with E-state index in [1.165, 1.54) is 0 Å². The summed E-state index contributed by atoms with van der Waals surface area (Å²) in [6.45, 7) is 2.70. The summed E-state index contributed by atoms with van der Waals surface area (Å²) in [5, 5.41) is 0.507. The molecular weight excluding hydrogens is 308 g/mol. The average molecular weight is 326 g/mol. The minimum absolute atomic E-state index is 0.00814. The summed E-state index contributed by atoms with van der Waals surface area (Å²) in [7, 11) is 0. The Bertz CT molecular complexity index is 918. The second-order valence-corrected chi connectivity index (χ2v) is 6.58. The van der Waals surface area contributed by atoms with Gasteiger partial charge in [-0.3, -0.25) is 29.8 Å². The van der Waals surface area contributed by atoms with Crippen molar-refractivity contribution in [1.82, 2.24) is 20.4 Å². The molecule has 2 N–H and O–H groups in total. The van der Waals surface area contributed by atoms with Crippen LogP contribution in [-0.4, -0.2) is 21.4 Å². The maximum Gasteiger partial charge on any atom is 0.269 e. The molecule has 24 heavy (non-hydrogen) atoms. The molecule has 0 unspecified atom stereocenters. The lowest BCUT2D eigenvalue weighted by Crippen LogP contribution is -2.42. The molecule has 2 aliphatic rings. The highest BCUT2D eigenvalue weighted by Crippen LogP contribution is 2.37. The van der Waals surface area contributed by atoms with Crippen LogP contribution in [0.1, 0.15) is 35.9 Å². The lowest BCUT2D eigenvalue weighted by molar-refractivity contribution is -0.123. The first-order valence-corrected chi connectivity index (χ1v) is 8.18. The Hall–Kier alpha value is -2.70. The Morgan fingerprint density at radius 1 is 1.29 bits per heavy atom. The molecule has 2 amide bonds. The van der Waals surface area contributed by atoms with E-state index in [0.717, 1.165) is 25.1 Å². The highest BCUT2D eigenvalue weighted by molar-refractivity contribution is 5.98. The molecule has 0 bridgehead atoms. The number of fused-ring (bicyclic) bond motifs is 2. The summed E-state index contributed by atoms with van der Waals surface area (Å²) >= 11 is 0. The fourth-order valence-electron chi connectivity index (χ4n) is 3.20. The molecule has 4 rings (SSSR count). The second-order valence-electron chi connectivity index (χ2n) is 6.58. The van der Waals surface area contributed by atoms with Crippen molar-refractivity contribution < 1.29 is 9.59 Å². The minimum atomic E-state index is -0.416. The van der Waals surface area contributed by atoms with Crippen LogP contribution in [0, 0.1) is 11.8 Å². The van der Waals surface area contributed by atoms with Gasteiger partial charge in [0, 0.05) is 24.4 Å². The Kier molecular flexibility index (Phi) is 3.37. The van der Waals surface area contributed by atoms with Gasteiger partial charge in [0.15, 0.2) is 0 Å². The monoisotopic (exact) mass is 326 g/mol. The molecule has 2 heterocycles. The fourth-order valence-corrected chi connectivity index (χ4v) is 3.20. The third-order valence-corrected chi connectivity index (χ3v) is 4.82. The molecule has 0 spiro atoms. The van der Waals surface area contributed by atoms with Crippen molar-refractivity contribution in [2.45, 2.75) is 32.7 Å². The first-order chi connectivity index (χ1) is 11.5. The predicted molar refractivity (Wildman–Crippen MR) is 87.2 cm³/mol. The summed E-state index contributed by atoms with van der Waals surface area (Å²) < 4.78 is 1.69. The van der Waals surface area contributed by atoms with Crippen LogP contribution in [0.2, 0.25) is 0 Å². The van der Waals surface area contributed by atoms with Crippen LogP contribution in [0.3, 0.4) is 0 Å². The number of aromatic nitrogens is 2. The Morgan fingerprint density at radius 2 is 2.08 bits per heavy atom. The van der Waals surface area contributed by atoms with Crippen LogP contribution in [0.15, 0.2) is 23.0 Å². The minimum Gasteiger partial charge on any atom is -0.296 e. The predicted octanol–water partition coefficient (Wildman–Crippen LogP) is 0.760. The standard InChI is InChI=1S/C17H18N4O3/c1-9-7-12(9)16(23)20-19-15(22)10-4-5-11-13(8-10)18-14-3-2-6-21(14)17(11)24/h4-5,8-9,12H,2-3,6-7H2,1H3,(H,19,22)(H,20,23)/t9-,12-/m0/s1. The summed E-state index contributed by atoms with van der Waals surface area (Å²) in [6.07, 6.45) is 2.55. The van der Waals surface area contributed by atoms with Gasteiger partial charge in [-0.25, -0.2) is 4.98 Å². The van der Waals surface area contributed by atoms with E-state index in [4.69, 9.17) is 0 Å². The van der Waals surface area contributed by atoms with Crippen molar-refractivity contribution in [1.29, 1.82) is 0 Å². The van der Waals surface area contributed by atoms with Gasteiger partial charge >= 0.3 is 0 Å². The number of hydrogen-bond acceptors (Lipinski definition) is 4. The number of carbonyl (C=O) groups excluding carboxylic acids is 2. The molecule has 1 fully saturated rings. The zero-order chi connectivity index (χ0) is 16.8. The lowest BCUT2D eigenvalue weighted by Gasteiger charge is -2.09. The van der Waals surface area contributed by atoms with Crippen molar-refractivity contribution in [3.63, 3.8) is 0 Å². The summed E-state index contributed by atoms with van der Waals surface area (Å²) in [5.74, 6) is 0.556. The van der Waals surface area contributed by atoms with Crippen molar-refractivity contribution in [2.24, 2.45) is 11.8 Å². The molecule has 124 valence electrons. The Morgan fingerprint density at radius 3 is 2.83 bits per heavy atom. The molecular formula is C17H18N4O3. The first kappa shape index (κ1) is 14.9. The number of amides is 2. The van der Waals surface area contributed by atoms with Gasteiger partial charge in [0.1, 0.15) is 5.82 Å². The van der Waals surface area contributed by atoms with Gasteiger partial charge in [-0.05, 0) is 37.0 Å². The van der Waals surface area contributed by atoms with Crippen LogP contribution in [0.4, 0.5) is 0 Å². The van der Waals surface area contributed by atoms with Crippen molar-refractivity contribution >= 4 is 22.7 Å². The van der Waals surface area contributed by atoms with Crippen LogP contribution >= 0.6 is 0 Å². The molecule has 1 aromatic carbocycles. The normalized spacial score (nSPS) is 21.4. The van der Waals surface area contributed by atoms with Gasteiger partial charge in [0.2, 0.25) is 5.91 Å². The molecule has 2 atom stereocenters. The van der Waals surface area contributed by atoms with Gasteiger partial charge < -0.3 is 0 Å². The molecule has 7 nitrogen and oxygen atoms in total. The number of benzene rings is 1. The van der Waals surface area contributed by atoms with E-state index in [9.17, 15) is 14.4 Å². The van der Waals surface area contributed by atoms with Crippen molar-refractivity contribution in [3.05, 3.63) is 39.9 Å². The summed E-state index contributed by atoms with van der Waals surface area (Å²) in [4.78, 5) is 40.8. The van der Waals surface area contributed by atoms with Crippen molar-refractivity contribution in [3.8, 4) is 0 Å². The molecule has 0 radical (unpaired) electrons. The van der Waals surface area contributed by atoms with Gasteiger partial charge in [-0.1, -0.05) is 6.92 Å². The number of aryl methyl sites for hydroxylation is 1. The number of hydrogen-bond donors (Lipinski definition) is 2. The average Bonchev–Trinajstić information content (AvgIpc) is 3.12. The van der Waals surface area contributed by atoms with E-state index < -0.39 is 5.91 Å². The topological polar surface area (TPSA) is 93.1 Å². The van der Waals surface area contributed by atoms with E-state index in [2.05, 4.69) is 15.8 Å². The molecule has 1 aliphatic heterocycles. The molecule has 7 heteroatoms. The second kappa shape index (κ2) is 5.43. The third kappa shape index (κ3) is 2.46. The zero-order valence-corrected chi connectivity index (χ0v) is 13.3. The maximum atomic E-state index is 12.4. The number of carbonyl (C=O) groups is 2. The van der Waals surface area contributed by atoms with E-state index >= 15 is 0 Å². The quantitative estimate of drug-likeness (QED) is 0.797. The smallest absolute Gasteiger partial charge is 0.269 e. The van der Waals surface area contributed by atoms with Gasteiger partial charge in [0.25, 0.3) is 11.5 Å². The van der Waals surface area contributed by atoms with Crippen LogP contribution in [0.5, 0.6) is 0 Å². The van der Waals surface area contributed by atoms with E-state index in [1.807, 2.05) is 6.92 Å². The Labute approximate surface area is 138 Å². The molecule has 1 saturated carbocycles. The Balaban J connectivity index is 1.56. The zero-order valence-electron chi connectivity index (χ0n) is 13.3. The number of nitrogens with one attached hydrogen (secondary N) is 2. The van der Waals surface area contributed by atoms with Gasteiger partial charge in [0.05, 0.1) is 10.9 Å².